The van der Waals surface area contributed by atoms with Gasteiger partial charge < -0.3 is 14.6 Å². The summed E-state index contributed by atoms with van der Waals surface area (Å²) in [5, 5.41) is 9.56. The van der Waals surface area contributed by atoms with Gasteiger partial charge in [-0.3, -0.25) is 9.59 Å². The van der Waals surface area contributed by atoms with Crippen LogP contribution >= 0.6 is 0 Å². The Morgan fingerprint density at radius 2 is 0.830 bits per heavy atom. The van der Waals surface area contributed by atoms with Gasteiger partial charge in [0.15, 0.2) is 6.10 Å². The van der Waals surface area contributed by atoms with Gasteiger partial charge in [-0.05, 0) is 96.3 Å². The van der Waals surface area contributed by atoms with E-state index in [1.54, 1.807) is 0 Å². The average molecular weight is 733 g/mol. The number of hydrogen-bond donors (Lipinski definition) is 1. The zero-order valence-corrected chi connectivity index (χ0v) is 33.7. The summed E-state index contributed by atoms with van der Waals surface area (Å²) in [4.78, 5) is 24.3. The van der Waals surface area contributed by atoms with Crippen LogP contribution in [0.2, 0.25) is 0 Å². The largest absolute Gasteiger partial charge is 0.462 e. The number of hydrogen-bond acceptors (Lipinski definition) is 5. The number of esters is 2. The van der Waals surface area contributed by atoms with E-state index in [0.29, 0.717) is 12.8 Å². The second kappa shape index (κ2) is 43.0. The molecule has 0 aromatic carbocycles. The van der Waals surface area contributed by atoms with Crippen molar-refractivity contribution in [2.75, 3.05) is 13.2 Å². The topological polar surface area (TPSA) is 72.8 Å². The predicted molar refractivity (Wildman–Crippen MR) is 228 cm³/mol. The van der Waals surface area contributed by atoms with Crippen molar-refractivity contribution in [2.45, 2.75) is 168 Å². The van der Waals surface area contributed by atoms with Crippen LogP contribution < -0.4 is 0 Å². The van der Waals surface area contributed by atoms with Crippen LogP contribution in [0.5, 0.6) is 0 Å². The molecule has 0 saturated carbocycles. The Balaban J connectivity index is 3.75. The van der Waals surface area contributed by atoms with E-state index in [9.17, 15) is 14.7 Å². The number of carbonyl (C=O) groups excluding carboxylic acids is 2. The van der Waals surface area contributed by atoms with Gasteiger partial charge in [-0.15, -0.1) is 0 Å². The monoisotopic (exact) mass is 733 g/mol. The summed E-state index contributed by atoms with van der Waals surface area (Å²) in [7, 11) is 0. The number of unbranched alkanes of at least 4 members (excludes halogenated alkanes) is 10. The van der Waals surface area contributed by atoms with E-state index in [0.717, 1.165) is 89.9 Å². The molecule has 0 aromatic heterocycles. The highest BCUT2D eigenvalue weighted by Crippen LogP contribution is 2.10. The summed E-state index contributed by atoms with van der Waals surface area (Å²) in [5.41, 5.74) is 0. The minimum absolute atomic E-state index is 0.104. The molecule has 0 radical (unpaired) electrons. The first kappa shape index (κ1) is 49.6. The summed E-state index contributed by atoms with van der Waals surface area (Å²) in [6, 6.07) is 0. The van der Waals surface area contributed by atoms with E-state index >= 15 is 0 Å². The van der Waals surface area contributed by atoms with Crippen molar-refractivity contribution in [1.82, 2.24) is 0 Å². The van der Waals surface area contributed by atoms with E-state index in [4.69, 9.17) is 9.47 Å². The molecule has 1 unspecified atom stereocenters. The van der Waals surface area contributed by atoms with E-state index in [1.807, 2.05) is 0 Å². The maximum absolute atomic E-state index is 12.2. The lowest BCUT2D eigenvalue weighted by atomic mass is 10.1. The molecule has 0 aromatic rings. The van der Waals surface area contributed by atoms with Gasteiger partial charge in [0, 0.05) is 12.8 Å². The van der Waals surface area contributed by atoms with Crippen molar-refractivity contribution in [3.63, 3.8) is 0 Å². The Morgan fingerprint density at radius 3 is 1.28 bits per heavy atom. The fourth-order valence-electron chi connectivity index (χ4n) is 5.16. The summed E-state index contributed by atoms with van der Waals surface area (Å²) < 4.78 is 10.6. The number of allylic oxidation sites excluding steroid dienone is 18. The molecule has 0 rings (SSSR count). The van der Waals surface area contributed by atoms with Crippen LogP contribution in [0.15, 0.2) is 109 Å². The highest BCUT2D eigenvalue weighted by Gasteiger charge is 2.15. The number of aliphatic hydroxyl groups is 1. The zero-order chi connectivity index (χ0) is 38.6. The molecule has 5 heteroatoms. The van der Waals surface area contributed by atoms with Gasteiger partial charge in [0.2, 0.25) is 0 Å². The molecule has 0 fully saturated rings. The number of ether oxygens (including phenoxy) is 2. The highest BCUT2D eigenvalue weighted by molar-refractivity contribution is 5.70. The van der Waals surface area contributed by atoms with Crippen LogP contribution in [0.25, 0.3) is 0 Å². The summed E-state index contributed by atoms with van der Waals surface area (Å²) in [6.07, 6.45) is 61.5. The minimum atomic E-state index is -0.815. The maximum atomic E-state index is 12.2. The Morgan fingerprint density at radius 1 is 0.453 bits per heavy atom. The maximum Gasteiger partial charge on any atom is 0.306 e. The van der Waals surface area contributed by atoms with Gasteiger partial charge >= 0.3 is 11.9 Å². The third-order valence-corrected chi connectivity index (χ3v) is 8.30. The molecule has 1 atom stereocenters. The summed E-state index contributed by atoms with van der Waals surface area (Å²) in [5.74, 6) is -0.688. The van der Waals surface area contributed by atoms with E-state index in [1.165, 1.54) is 38.5 Å². The molecule has 0 heterocycles. The standard InChI is InChI=1S/C48H76O5/c1-3-5-7-9-11-13-15-17-19-21-22-23-24-25-26-27-29-31-33-35-37-39-41-43-48(51)53-46(44-49)45-52-47(50)42-40-38-36-34-32-30-28-20-18-16-14-12-10-8-6-4-2/h5,7,11,13-14,16-17,19-20,22-23,25-26,28-29,31,35,37,46,49H,3-4,6,8-10,12,15,18,21,24,27,30,32-34,36,38-45H2,1-2H3/b7-5-,13-11-,16-14-,19-17-,23-22-,26-25-,28-20-,31-29-,37-35-. The van der Waals surface area contributed by atoms with Crippen LogP contribution in [0.4, 0.5) is 0 Å². The molecule has 298 valence electrons. The fourth-order valence-corrected chi connectivity index (χ4v) is 5.16. The Bertz CT molecular complexity index is 1100. The Hall–Kier alpha value is -3.44. The molecule has 0 bridgehead atoms. The van der Waals surface area contributed by atoms with Crippen LogP contribution in [0, 0.1) is 0 Å². The van der Waals surface area contributed by atoms with Gasteiger partial charge in [0.1, 0.15) is 6.61 Å². The SMILES string of the molecule is CC/C=C\C/C=C\C/C=C\C/C=C\C/C=C\C/C=C\C/C=C\CCCC(=O)OC(CO)COC(=O)CCCCCCC/C=C\C/C=C\CCCCCC. The minimum Gasteiger partial charge on any atom is -0.462 e. The molecule has 0 spiro atoms. The molecule has 0 amide bonds. The van der Waals surface area contributed by atoms with Gasteiger partial charge in [0.25, 0.3) is 0 Å². The fraction of sp³-hybridized carbons (Fsp3) is 0.583. The quantitative estimate of drug-likeness (QED) is 0.0394. The number of aliphatic hydroxyl groups excluding tert-OH is 1. The van der Waals surface area contributed by atoms with Crippen molar-refractivity contribution >= 4 is 11.9 Å². The number of carbonyl (C=O) groups is 2. The lowest BCUT2D eigenvalue weighted by molar-refractivity contribution is -0.161. The van der Waals surface area contributed by atoms with Crippen molar-refractivity contribution < 1.29 is 24.2 Å². The second-order valence-corrected chi connectivity index (χ2v) is 13.3. The van der Waals surface area contributed by atoms with E-state index in [-0.39, 0.29) is 31.6 Å². The smallest absolute Gasteiger partial charge is 0.306 e. The molecule has 0 aliphatic rings. The van der Waals surface area contributed by atoms with Gasteiger partial charge in [-0.1, -0.05) is 162 Å². The van der Waals surface area contributed by atoms with Crippen LogP contribution in [0.3, 0.4) is 0 Å². The first-order valence-electron chi connectivity index (χ1n) is 20.9. The molecule has 0 saturated heterocycles. The average Bonchev–Trinajstić information content (AvgIpc) is 3.16. The van der Waals surface area contributed by atoms with Crippen molar-refractivity contribution in [3.05, 3.63) is 109 Å². The van der Waals surface area contributed by atoms with Crippen LogP contribution in [-0.2, 0) is 19.1 Å². The Labute approximate surface area is 325 Å². The van der Waals surface area contributed by atoms with E-state index < -0.39 is 6.10 Å². The van der Waals surface area contributed by atoms with Crippen molar-refractivity contribution in [3.8, 4) is 0 Å². The van der Waals surface area contributed by atoms with Crippen molar-refractivity contribution in [1.29, 1.82) is 0 Å². The first-order valence-corrected chi connectivity index (χ1v) is 20.9. The van der Waals surface area contributed by atoms with Gasteiger partial charge in [-0.2, -0.15) is 0 Å². The molecular formula is C48H76O5. The van der Waals surface area contributed by atoms with Crippen LogP contribution in [0.1, 0.15) is 162 Å². The third-order valence-electron chi connectivity index (χ3n) is 8.30. The molecule has 5 nitrogen and oxygen atoms in total. The summed E-state index contributed by atoms with van der Waals surface area (Å²) in [6.45, 7) is 3.93. The molecule has 1 N–H and O–H groups in total. The van der Waals surface area contributed by atoms with Gasteiger partial charge in [0.05, 0.1) is 6.61 Å². The number of rotatable bonds is 36. The van der Waals surface area contributed by atoms with Gasteiger partial charge in [-0.25, -0.2) is 0 Å². The second-order valence-electron chi connectivity index (χ2n) is 13.3. The molecule has 0 aliphatic heterocycles. The zero-order valence-electron chi connectivity index (χ0n) is 33.7. The molecule has 53 heavy (non-hydrogen) atoms. The lowest BCUT2D eigenvalue weighted by Gasteiger charge is -2.15. The Kier molecular flexibility index (Phi) is 40.2. The normalized spacial score (nSPS) is 13.3. The van der Waals surface area contributed by atoms with Crippen molar-refractivity contribution in [2.24, 2.45) is 0 Å². The third kappa shape index (κ3) is 41.2. The highest BCUT2D eigenvalue weighted by atomic mass is 16.6. The van der Waals surface area contributed by atoms with Crippen LogP contribution in [-0.4, -0.2) is 36.4 Å². The lowest BCUT2D eigenvalue weighted by Crippen LogP contribution is -2.28. The molecule has 0 aliphatic carbocycles. The summed E-state index contributed by atoms with van der Waals surface area (Å²) >= 11 is 0. The predicted octanol–water partition coefficient (Wildman–Crippen LogP) is 13.5. The van der Waals surface area contributed by atoms with E-state index in [2.05, 4.69) is 123 Å². The molecular weight excluding hydrogens is 657 g/mol. The first-order chi connectivity index (χ1) is 26.1.